The first-order chi connectivity index (χ1) is 10.9. The smallest absolute Gasteiger partial charge is 0.240 e. The molecule has 2 unspecified atom stereocenters. The van der Waals surface area contributed by atoms with Crippen molar-refractivity contribution in [2.24, 2.45) is 17.2 Å². The number of guanidine groups is 1. The first-order valence-electron chi connectivity index (χ1n) is 7.37. The van der Waals surface area contributed by atoms with Gasteiger partial charge in [0.05, 0.1) is 6.04 Å². The fourth-order valence-corrected chi connectivity index (χ4v) is 2.03. The summed E-state index contributed by atoms with van der Waals surface area (Å²) < 4.78 is 0. The van der Waals surface area contributed by atoms with Gasteiger partial charge in [0.25, 0.3) is 0 Å². The lowest BCUT2D eigenvalue weighted by atomic mass is 10.0. The van der Waals surface area contributed by atoms with Crippen molar-refractivity contribution in [3.8, 4) is 0 Å². The fourth-order valence-electron chi connectivity index (χ4n) is 2.03. The molecule has 0 radical (unpaired) electrons. The normalized spacial score (nSPS) is 12.9. The molecular formula is C15H24N6O2. The van der Waals surface area contributed by atoms with Crippen molar-refractivity contribution in [2.45, 2.75) is 31.3 Å². The topological polar surface area (TPSA) is 160 Å². The molecule has 0 heterocycles. The molecule has 8 heteroatoms. The lowest BCUT2D eigenvalue weighted by molar-refractivity contribution is -0.128. The second-order valence-corrected chi connectivity index (χ2v) is 5.24. The quantitative estimate of drug-likeness (QED) is 0.191. The second kappa shape index (κ2) is 9.42. The summed E-state index contributed by atoms with van der Waals surface area (Å²) in [6.07, 6.45) is 1.30. The summed E-state index contributed by atoms with van der Waals surface area (Å²) in [6.45, 7) is 0.458. The number of nitrogens with two attached hydrogens (primary N) is 3. The van der Waals surface area contributed by atoms with Crippen LogP contribution in [0, 0.1) is 5.41 Å². The molecule has 0 saturated heterocycles. The Bertz CT molecular complexity index is 534. The predicted molar refractivity (Wildman–Crippen MR) is 88.4 cm³/mol. The Morgan fingerprint density at radius 1 is 1.17 bits per heavy atom. The van der Waals surface area contributed by atoms with Crippen LogP contribution in [-0.4, -0.2) is 36.4 Å². The van der Waals surface area contributed by atoms with Crippen LogP contribution in [0.25, 0.3) is 0 Å². The molecule has 0 aliphatic heterocycles. The molecule has 0 bridgehead atoms. The highest BCUT2D eigenvalue weighted by Crippen LogP contribution is 2.04. The van der Waals surface area contributed by atoms with Crippen LogP contribution in [0.15, 0.2) is 30.3 Å². The van der Waals surface area contributed by atoms with Gasteiger partial charge in [0, 0.05) is 13.0 Å². The molecule has 8 nitrogen and oxygen atoms in total. The molecule has 23 heavy (non-hydrogen) atoms. The zero-order chi connectivity index (χ0) is 17.2. The van der Waals surface area contributed by atoms with Gasteiger partial charge >= 0.3 is 0 Å². The Morgan fingerprint density at radius 2 is 1.83 bits per heavy atom. The number of primary amides is 1. The molecule has 0 aliphatic carbocycles. The average molecular weight is 320 g/mol. The van der Waals surface area contributed by atoms with Crippen molar-refractivity contribution in [3.05, 3.63) is 35.9 Å². The molecule has 9 N–H and O–H groups in total. The molecule has 1 aromatic carbocycles. The maximum absolute atomic E-state index is 12.0. The number of hydrogen-bond acceptors (Lipinski definition) is 4. The second-order valence-electron chi connectivity index (χ2n) is 5.24. The van der Waals surface area contributed by atoms with E-state index in [4.69, 9.17) is 22.6 Å². The van der Waals surface area contributed by atoms with Crippen molar-refractivity contribution in [1.82, 2.24) is 10.6 Å². The Balaban J connectivity index is 2.47. The molecule has 0 fully saturated rings. The van der Waals surface area contributed by atoms with Gasteiger partial charge in [-0.15, -0.1) is 0 Å². The Labute approximate surface area is 135 Å². The molecule has 1 aromatic rings. The monoisotopic (exact) mass is 320 g/mol. The molecule has 126 valence electrons. The minimum atomic E-state index is -0.800. The van der Waals surface area contributed by atoms with Gasteiger partial charge in [-0.05, 0) is 18.4 Å². The molecular weight excluding hydrogens is 296 g/mol. The van der Waals surface area contributed by atoms with Crippen LogP contribution in [0.5, 0.6) is 0 Å². The largest absolute Gasteiger partial charge is 0.370 e. The van der Waals surface area contributed by atoms with Crippen LogP contribution in [0.4, 0.5) is 0 Å². The molecule has 2 atom stereocenters. The van der Waals surface area contributed by atoms with Gasteiger partial charge in [-0.3, -0.25) is 15.0 Å². The van der Waals surface area contributed by atoms with E-state index in [0.29, 0.717) is 25.8 Å². The Morgan fingerprint density at radius 3 is 2.39 bits per heavy atom. The highest BCUT2D eigenvalue weighted by atomic mass is 16.2. The lowest BCUT2D eigenvalue weighted by Crippen LogP contribution is -2.51. The van der Waals surface area contributed by atoms with Gasteiger partial charge in [0.1, 0.15) is 6.04 Å². The number of nitrogens with one attached hydrogen (secondary N) is 3. The van der Waals surface area contributed by atoms with E-state index in [0.717, 1.165) is 5.56 Å². The summed E-state index contributed by atoms with van der Waals surface area (Å²) in [5.74, 6) is -1.15. The summed E-state index contributed by atoms with van der Waals surface area (Å²) in [6, 6.07) is 7.73. The van der Waals surface area contributed by atoms with Gasteiger partial charge < -0.3 is 27.8 Å². The van der Waals surface area contributed by atoms with E-state index >= 15 is 0 Å². The SMILES string of the molecule is N=C(N)NCCCC(N)C(=O)NC(Cc1ccccc1)C(N)=O. The van der Waals surface area contributed by atoms with Crippen molar-refractivity contribution < 1.29 is 9.59 Å². The van der Waals surface area contributed by atoms with Gasteiger partial charge in [0.15, 0.2) is 5.96 Å². The Kier molecular flexibility index (Phi) is 7.55. The maximum Gasteiger partial charge on any atom is 0.240 e. The van der Waals surface area contributed by atoms with Crippen molar-refractivity contribution in [1.29, 1.82) is 5.41 Å². The average Bonchev–Trinajstić information content (AvgIpc) is 2.51. The maximum atomic E-state index is 12.0. The number of rotatable bonds is 9. The number of hydrogen-bond donors (Lipinski definition) is 6. The highest BCUT2D eigenvalue weighted by molar-refractivity contribution is 5.89. The van der Waals surface area contributed by atoms with E-state index in [9.17, 15) is 9.59 Å². The van der Waals surface area contributed by atoms with Crippen LogP contribution in [-0.2, 0) is 16.0 Å². The van der Waals surface area contributed by atoms with E-state index in [1.54, 1.807) is 0 Å². The third kappa shape index (κ3) is 7.28. The van der Waals surface area contributed by atoms with E-state index in [2.05, 4.69) is 10.6 Å². The Hall–Kier alpha value is -2.61. The van der Waals surface area contributed by atoms with Gasteiger partial charge in [-0.1, -0.05) is 30.3 Å². The zero-order valence-corrected chi connectivity index (χ0v) is 12.9. The van der Waals surface area contributed by atoms with Crippen LogP contribution in [0.3, 0.4) is 0 Å². The summed E-state index contributed by atoms with van der Waals surface area (Å²) in [4.78, 5) is 23.6. The predicted octanol–water partition coefficient (Wildman–Crippen LogP) is -1.21. The summed E-state index contributed by atoms with van der Waals surface area (Å²) in [5.41, 5.74) is 17.2. The molecule has 0 aromatic heterocycles. The summed E-state index contributed by atoms with van der Waals surface area (Å²) >= 11 is 0. The fraction of sp³-hybridized carbons (Fsp3) is 0.400. The number of carbonyl (C=O) groups excluding carboxylic acids is 2. The molecule has 2 amide bonds. The number of amides is 2. The lowest BCUT2D eigenvalue weighted by Gasteiger charge is -2.18. The van der Waals surface area contributed by atoms with Crippen LogP contribution < -0.4 is 27.8 Å². The van der Waals surface area contributed by atoms with Gasteiger partial charge in [-0.25, -0.2) is 0 Å². The minimum absolute atomic E-state index is 0.125. The number of benzene rings is 1. The van der Waals surface area contributed by atoms with Gasteiger partial charge in [0.2, 0.25) is 11.8 Å². The molecule has 0 aliphatic rings. The van der Waals surface area contributed by atoms with Crippen molar-refractivity contribution in [2.75, 3.05) is 6.54 Å². The molecule has 0 spiro atoms. The van der Waals surface area contributed by atoms with Crippen molar-refractivity contribution in [3.63, 3.8) is 0 Å². The third-order valence-electron chi connectivity index (χ3n) is 3.29. The van der Waals surface area contributed by atoms with Crippen LogP contribution in [0.2, 0.25) is 0 Å². The van der Waals surface area contributed by atoms with E-state index in [1.165, 1.54) is 0 Å². The summed E-state index contributed by atoms with van der Waals surface area (Å²) in [5, 5.41) is 12.2. The minimum Gasteiger partial charge on any atom is -0.370 e. The first kappa shape index (κ1) is 18.4. The van der Waals surface area contributed by atoms with E-state index in [-0.39, 0.29) is 5.96 Å². The summed E-state index contributed by atoms with van der Waals surface area (Å²) in [7, 11) is 0. The number of carbonyl (C=O) groups is 2. The third-order valence-corrected chi connectivity index (χ3v) is 3.29. The van der Waals surface area contributed by atoms with Crippen LogP contribution in [0.1, 0.15) is 18.4 Å². The van der Waals surface area contributed by atoms with Crippen LogP contribution >= 0.6 is 0 Å². The van der Waals surface area contributed by atoms with Crippen molar-refractivity contribution >= 4 is 17.8 Å². The van der Waals surface area contributed by atoms with Gasteiger partial charge in [-0.2, -0.15) is 0 Å². The first-order valence-corrected chi connectivity index (χ1v) is 7.37. The van der Waals surface area contributed by atoms with E-state index in [1.807, 2.05) is 30.3 Å². The highest BCUT2D eigenvalue weighted by Gasteiger charge is 2.21. The standard InChI is InChI=1S/C15H24N6O2/c16-11(7-4-8-20-15(18)19)14(23)21-12(13(17)22)9-10-5-2-1-3-6-10/h1-3,5-6,11-12H,4,7-9,16H2,(H2,17,22)(H,21,23)(H4,18,19,20). The molecule has 0 saturated carbocycles. The molecule has 1 rings (SSSR count). The zero-order valence-electron chi connectivity index (χ0n) is 12.9. The van der Waals surface area contributed by atoms with E-state index < -0.39 is 23.9 Å².